The quantitative estimate of drug-likeness (QED) is 0.784. The second-order valence-electron chi connectivity index (χ2n) is 6.37. The molecule has 6 heteroatoms. The number of amides is 1. The zero-order valence-corrected chi connectivity index (χ0v) is 16.0. The number of fused-ring (bicyclic) bond motifs is 1. The molecular weight excluding hydrogens is 352 g/mol. The maximum absolute atomic E-state index is 13.0. The van der Waals surface area contributed by atoms with E-state index in [1.54, 1.807) is 7.11 Å². The summed E-state index contributed by atoms with van der Waals surface area (Å²) in [4.78, 5) is 14.9. The van der Waals surface area contributed by atoms with Crippen LogP contribution >= 0.6 is 12.4 Å². The molecule has 1 saturated heterocycles. The predicted octanol–water partition coefficient (Wildman–Crippen LogP) is 3.24. The van der Waals surface area contributed by atoms with Crippen molar-refractivity contribution in [1.29, 1.82) is 0 Å². The van der Waals surface area contributed by atoms with E-state index in [1.165, 1.54) is 0 Å². The minimum absolute atomic E-state index is 0. The van der Waals surface area contributed by atoms with Gasteiger partial charge in [-0.1, -0.05) is 24.3 Å². The second-order valence-corrected chi connectivity index (χ2v) is 6.37. The monoisotopic (exact) mass is 378 g/mol. The van der Waals surface area contributed by atoms with Crippen LogP contribution in [-0.4, -0.2) is 50.3 Å². The molecule has 0 unspecified atom stereocenters. The molecule has 2 aromatic carbocycles. The van der Waals surface area contributed by atoms with Crippen LogP contribution in [0.2, 0.25) is 0 Å². The first kappa shape index (κ1) is 20.5. The molecule has 2 N–H and O–H groups in total. The van der Waals surface area contributed by atoms with Crippen molar-refractivity contribution in [2.24, 2.45) is 5.73 Å². The standard InChI is InChI=1S/C20H26N2O3.ClH/c1-24-19-8-7-18(16-5-2-3-6-17(16)19)20(23)22-12-9-15(10-13-22)25-14-4-11-21;/h2-3,5-8,15H,4,9-14,21H2,1H3;1H. The molecule has 26 heavy (non-hydrogen) atoms. The molecule has 142 valence electrons. The van der Waals surface area contributed by atoms with Gasteiger partial charge in [0.1, 0.15) is 5.75 Å². The Morgan fingerprint density at radius 1 is 1.15 bits per heavy atom. The van der Waals surface area contributed by atoms with E-state index >= 15 is 0 Å². The number of benzene rings is 2. The van der Waals surface area contributed by atoms with Crippen molar-refractivity contribution in [2.45, 2.75) is 25.4 Å². The van der Waals surface area contributed by atoms with Gasteiger partial charge in [-0.3, -0.25) is 4.79 Å². The summed E-state index contributed by atoms with van der Waals surface area (Å²) in [5.41, 5.74) is 6.23. The summed E-state index contributed by atoms with van der Waals surface area (Å²) >= 11 is 0. The summed E-state index contributed by atoms with van der Waals surface area (Å²) in [6.45, 7) is 2.82. The Morgan fingerprint density at radius 3 is 2.50 bits per heavy atom. The lowest BCUT2D eigenvalue weighted by Gasteiger charge is -2.32. The van der Waals surface area contributed by atoms with Gasteiger partial charge in [-0.05, 0) is 43.3 Å². The van der Waals surface area contributed by atoms with E-state index in [1.807, 2.05) is 41.3 Å². The smallest absolute Gasteiger partial charge is 0.254 e. The zero-order chi connectivity index (χ0) is 17.6. The predicted molar refractivity (Wildman–Crippen MR) is 106 cm³/mol. The fourth-order valence-corrected chi connectivity index (χ4v) is 3.37. The van der Waals surface area contributed by atoms with Crippen molar-refractivity contribution in [2.75, 3.05) is 33.4 Å². The van der Waals surface area contributed by atoms with Crippen molar-refractivity contribution < 1.29 is 14.3 Å². The number of nitrogens with two attached hydrogens (primary N) is 1. The maximum atomic E-state index is 13.0. The first-order chi connectivity index (χ1) is 12.2. The molecule has 1 aliphatic heterocycles. The largest absolute Gasteiger partial charge is 0.496 e. The minimum atomic E-state index is 0. The van der Waals surface area contributed by atoms with Crippen molar-refractivity contribution in [1.82, 2.24) is 4.90 Å². The zero-order valence-electron chi connectivity index (χ0n) is 15.1. The highest BCUT2D eigenvalue weighted by molar-refractivity contribution is 6.08. The van der Waals surface area contributed by atoms with Crippen molar-refractivity contribution in [3.63, 3.8) is 0 Å². The van der Waals surface area contributed by atoms with Crippen molar-refractivity contribution >= 4 is 29.1 Å². The van der Waals surface area contributed by atoms with Gasteiger partial charge in [0.15, 0.2) is 0 Å². The van der Waals surface area contributed by atoms with Crippen LogP contribution < -0.4 is 10.5 Å². The van der Waals surface area contributed by atoms with E-state index in [4.69, 9.17) is 15.2 Å². The molecule has 5 nitrogen and oxygen atoms in total. The number of piperidine rings is 1. The van der Waals surface area contributed by atoms with Crippen LogP contribution in [0, 0.1) is 0 Å². The molecule has 1 heterocycles. The number of carbonyl (C=O) groups excluding carboxylic acids is 1. The van der Waals surface area contributed by atoms with E-state index in [2.05, 4.69) is 0 Å². The minimum Gasteiger partial charge on any atom is -0.496 e. The average molecular weight is 379 g/mol. The Hall–Kier alpha value is -1.82. The summed E-state index contributed by atoms with van der Waals surface area (Å²) in [7, 11) is 1.65. The summed E-state index contributed by atoms with van der Waals surface area (Å²) in [6, 6.07) is 11.6. The van der Waals surface area contributed by atoms with Gasteiger partial charge in [-0.15, -0.1) is 12.4 Å². The molecule has 1 fully saturated rings. The Labute approximate surface area is 160 Å². The lowest BCUT2D eigenvalue weighted by atomic mass is 10.0. The SMILES string of the molecule is COc1ccc(C(=O)N2CCC(OCCCN)CC2)c2ccccc12.Cl. The number of carbonyl (C=O) groups is 1. The van der Waals surface area contributed by atoms with Crippen LogP contribution in [0.1, 0.15) is 29.6 Å². The third-order valence-electron chi connectivity index (χ3n) is 4.77. The number of rotatable bonds is 6. The number of likely N-dealkylation sites (tertiary alicyclic amines) is 1. The number of halogens is 1. The van der Waals surface area contributed by atoms with Gasteiger partial charge in [0.05, 0.1) is 13.2 Å². The highest BCUT2D eigenvalue weighted by Crippen LogP contribution is 2.29. The lowest BCUT2D eigenvalue weighted by Crippen LogP contribution is -2.41. The third-order valence-corrected chi connectivity index (χ3v) is 4.77. The first-order valence-corrected chi connectivity index (χ1v) is 8.91. The molecule has 0 aliphatic carbocycles. The maximum Gasteiger partial charge on any atom is 0.254 e. The second kappa shape index (κ2) is 9.76. The number of hydrogen-bond donors (Lipinski definition) is 1. The van der Waals surface area contributed by atoms with Crippen LogP contribution in [0.5, 0.6) is 5.75 Å². The molecule has 0 spiro atoms. The van der Waals surface area contributed by atoms with Gasteiger partial charge in [0, 0.05) is 30.6 Å². The van der Waals surface area contributed by atoms with Gasteiger partial charge in [-0.2, -0.15) is 0 Å². The summed E-state index contributed by atoms with van der Waals surface area (Å²) in [6.07, 6.45) is 2.88. The number of methoxy groups -OCH3 is 1. The molecule has 1 amide bonds. The molecule has 1 aliphatic rings. The number of nitrogens with zero attached hydrogens (tertiary/aromatic N) is 1. The summed E-state index contributed by atoms with van der Waals surface area (Å²) in [5.74, 6) is 0.874. The molecule has 0 atom stereocenters. The van der Waals surface area contributed by atoms with Gasteiger partial charge in [0.2, 0.25) is 0 Å². The Balaban J connectivity index is 0.00000243. The third kappa shape index (κ3) is 4.47. The van der Waals surface area contributed by atoms with Crippen molar-refractivity contribution in [3.8, 4) is 5.75 Å². The first-order valence-electron chi connectivity index (χ1n) is 8.91. The van der Waals surface area contributed by atoms with E-state index in [-0.39, 0.29) is 24.4 Å². The Bertz CT molecular complexity index is 730. The number of hydrogen-bond acceptors (Lipinski definition) is 4. The van der Waals surface area contributed by atoms with Crippen molar-refractivity contribution in [3.05, 3.63) is 42.0 Å². The average Bonchev–Trinajstić information content (AvgIpc) is 2.67. The van der Waals surface area contributed by atoms with E-state index in [9.17, 15) is 4.79 Å². The van der Waals surface area contributed by atoms with Gasteiger partial charge in [0.25, 0.3) is 5.91 Å². The van der Waals surface area contributed by atoms with Crippen LogP contribution in [0.15, 0.2) is 36.4 Å². The summed E-state index contributed by atoms with van der Waals surface area (Å²) < 4.78 is 11.2. The molecule has 0 radical (unpaired) electrons. The van der Waals surface area contributed by atoms with Crippen LogP contribution in [0.4, 0.5) is 0 Å². The highest BCUT2D eigenvalue weighted by Gasteiger charge is 2.25. The molecule has 2 aromatic rings. The Morgan fingerprint density at radius 2 is 1.85 bits per heavy atom. The Kier molecular flexibility index (Phi) is 7.69. The number of ether oxygens (including phenoxy) is 2. The van der Waals surface area contributed by atoms with E-state index < -0.39 is 0 Å². The molecule has 0 bridgehead atoms. The van der Waals surface area contributed by atoms with Gasteiger partial charge < -0.3 is 20.1 Å². The topological polar surface area (TPSA) is 64.8 Å². The fourth-order valence-electron chi connectivity index (χ4n) is 3.37. The highest BCUT2D eigenvalue weighted by atomic mass is 35.5. The normalized spacial score (nSPS) is 14.9. The van der Waals surface area contributed by atoms with Gasteiger partial charge >= 0.3 is 0 Å². The van der Waals surface area contributed by atoms with Crippen LogP contribution in [0.3, 0.4) is 0 Å². The summed E-state index contributed by atoms with van der Waals surface area (Å²) in [5, 5.41) is 1.91. The molecular formula is C20H27ClN2O3. The van der Waals surface area contributed by atoms with E-state index in [0.29, 0.717) is 13.2 Å². The lowest BCUT2D eigenvalue weighted by molar-refractivity contribution is 0.00850. The fraction of sp³-hybridized carbons (Fsp3) is 0.450. The molecule has 0 aromatic heterocycles. The molecule has 0 saturated carbocycles. The van der Waals surface area contributed by atoms with Crippen LogP contribution in [-0.2, 0) is 4.74 Å². The molecule has 3 rings (SSSR count). The van der Waals surface area contributed by atoms with Gasteiger partial charge in [-0.25, -0.2) is 0 Å². The van der Waals surface area contributed by atoms with Crippen LogP contribution in [0.25, 0.3) is 10.8 Å². The van der Waals surface area contributed by atoms with E-state index in [0.717, 1.165) is 54.4 Å².